The molecule has 1 aromatic carbocycles. The van der Waals surface area contributed by atoms with Gasteiger partial charge in [0, 0.05) is 11.6 Å². The van der Waals surface area contributed by atoms with E-state index in [2.05, 4.69) is 20.3 Å². The fourth-order valence-electron chi connectivity index (χ4n) is 1.95. The van der Waals surface area contributed by atoms with E-state index in [1.807, 2.05) is 13.8 Å². The number of benzene rings is 1. The Morgan fingerprint density at radius 1 is 1.38 bits per heavy atom. The van der Waals surface area contributed by atoms with Crippen molar-refractivity contribution < 1.29 is 14.3 Å². The molecule has 0 atom stereocenters. The quantitative estimate of drug-likeness (QED) is 0.463. The Labute approximate surface area is 143 Å². The van der Waals surface area contributed by atoms with Crippen LogP contribution in [0.4, 0.5) is 5.69 Å². The van der Waals surface area contributed by atoms with E-state index in [9.17, 15) is 9.59 Å². The van der Waals surface area contributed by atoms with Gasteiger partial charge < -0.3 is 15.9 Å². The van der Waals surface area contributed by atoms with Crippen LogP contribution in [0, 0.1) is 0 Å². The van der Waals surface area contributed by atoms with Crippen LogP contribution in [0.2, 0.25) is 0 Å². The molecule has 0 radical (unpaired) electrons. The van der Waals surface area contributed by atoms with Crippen molar-refractivity contribution in [3.8, 4) is 0 Å². The van der Waals surface area contributed by atoms with Gasteiger partial charge in [0.2, 0.25) is 11.1 Å². The molecular formula is C15H19N5O3S. The first-order chi connectivity index (χ1) is 11.4. The molecule has 1 aromatic heterocycles. The number of aromatic nitrogens is 3. The van der Waals surface area contributed by atoms with Crippen LogP contribution in [-0.2, 0) is 9.53 Å². The summed E-state index contributed by atoms with van der Waals surface area (Å²) in [5.74, 6) is 6.12. The van der Waals surface area contributed by atoms with Gasteiger partial charge in [-0.1, -0.05) is 31.7 Å². The monoisotopic (exact) mass is 349 g/mol. The molecule has 1 amide bonds. The molecule has 9 heteroatoms. The van der Waals surface area contributed by atoms with Gasteiger partial charge >= 0.3 is 5.97 Å². The zero-order valence-electron chi connectivity index (χ0n) is 13.6. The van der Waals surface area contributed by atoms with Gasteiger partial charge in [-0.3, -0.25) is 4.79 Å². The maximum absolute atomic E-state index is 12.0. The summed E-state index contributed by atoms with van der Waals surface area (Å²) in [6.07, 6.45) is 0. The van der Waals surface area contributed by atoms with Crippen molar-refractivity contribution in [2.24, 2.45) is 0 Å². The number of thioether (sulfide) groups is 1. The first-order valence-corrected chi connectivity index (χ1v) is 8.22. The molecule has 1 heterocycles. The average molecular weight is 349 g/mol. The van der Waals surface area contributed by atoms with Crippen molar-refractivity contribution in [2.45, 2.75) is 24.9 Å². The zero-order chi connectivity index (χ0) is 17.7. The molecule has 0 spiro atoms. The zero-order valence-corrected chi connectivity index (χ0v) is 14.5. The lowest BCUT2D eigenvalue weighted by molar-refractivity contribution is -0.113. The van der Waals surface area contributed by atoms with Crippen LogP contribution in [0.5, 0.6) is 0 Å². The fraction of sp³-hybridized carbons (Fsp3) is 0.333. The van der Waals surface area contributed by atoms with Gasteiger partial charge in [0.25, 0.3) is 0 Å². The summed E-state index contributed by atoms with van der Waals surface area (Å²) in [5, 5.41) is 11.2. The molecule has 0 fully saturated rings. The molecule has 2 aromatic rings. The number of ether oxygens (including phenoxy) is 1. The lowest BCUT2D eigenvalue weighted by atomic mass is 10.2. The molecule has 128 valence electrons. The number of nitrogens with one attached hydrogen (secondary N) is 1. The maximum atomic E-state index is 12.0. The largest absolute Gasteiger partial charge is 0.465 e. The third-order valence-electron chi connectivity index (χ3n) is 3.11. The number of nitrogens with two attached hydrogens (primary N) is 1. The Balaban J connectivity index is 1.95. The number of carbonyl (C=O) groups is 2. The van der Waals surface area contributed by atoms with Gasteiger partial charge in [0.05, 0.1) is 18.4 Å². The van der Waals surface area contributed by atoms with Crippen molar-refractivity contribution in [2.75, 3.05) is 24.0 Å². The van der Waals surface area contributed by atoms with Gasteiger partial charge in [0.15, 0.2) is 5.82 Å². The van der Waals surface area contributed by atoms with E-state index < -0.39 is 5.97 Å². The van der Waals surface area contributed by atoms with Crippen LogP contribution in [0.1, 0.15) is 35.9 Å². The Hall–Kier alpha value is -2.55. The van der Waals surface area contributed by atoms with E-state index in [-0.39, 0.29) is 17.6 Å². The molecule has 3 N–H and O–H groups in total. The number of hydrogen-bond donors (Lipinski definition) is 2. The number of carbonyl (C=O) groups excluding carboxylic acids is 2. The first-order valence-electron chi connectivity index (χ1n) is 7.23. The molecule has 0 aliphatic carbocycles. The summed E-state index contributed by atoms with van der Waals surface area (Å²) in [7, 11) is 1.30. The van der Waals surface area contributed by atoms with E-state index in [1.165, 1.54) is 23.5 Å². The van der Waals surface area contributed by atoms with Crippen LogP contribution in [-0.4, -0.2) is 39.6 Å². The minimum atomic E-state index is -0.460. The fourth-order valence-corrected chi connectivity index (χ4v) is 2.61. The highest BCUT2D eigenvalue weighted by atomic mass is 32.2. The summed E-state index contributed by atoms with van der Waals surface area (Å²) in [6.45, 7) is 3.92. The Morgan fingerprint density at radius 3 is 2.75 bits per heavy atom. The minimum Gasteiger partial charge on any atom is -0.465 e. The predicted molar refractivity (Wildman–Crippen MR) is 91.4 cm³/mol. The number of hydrogen-bond acceptors (Lipinski definition) is 7. The highest BCUT2D eigenvalue weighted by Crippen LogP contribution is 2.19. The molecule has 0 bridgehead atoms. The summed E-state index contributed by atoms with van der Waals surface area (Å²) >= 11 is 1.19. The van der Waals surface area contributed by atoms with E-state index >= 15 is 0 Å². The van der Waals surface area contributed by atoms with E-state index in [0.29, 0.717) is 22.2 Å². The summed E-state index contributed by atoms with van der Waals surface area (Å²) in [4.78, 5) is 23.5. The van der Waals surface area contributed by atoms with E-state index in [0.717, 1.165) is 0 Å². The molecule has 0 aliphatic rings. The topological polar surface area (TPSA) is 112 Å². The summed E-state index contributed by atoms with van der Waals surface area (Å²) < 4.78 is 6.04. The number of methoxy groups -OCH3 is 1. The molecule has 24 heavy (non-hydrogen) atoms. The van der Waals surface area contributed by atoms with Crippen LogP contribution in [0.3, 0.4) is 0 Å². The predicted octanol–water partition coefficient (Wildman–Crippen LogP) is 1.63. The Kier molecular flexibility index (Phi) is 5.80. The highest BCUT2D eigenvalue weighted by Gasteiger charge is 2.15. The Morgan fingerprint density at radius 2 is 2.12 bits per heavy atom. The molecule has 0 saturated heterocycles. The molecule has 0 unspecified atom stereocenters. The molecule has 0 aliphatic heterocycles. The van der Waals surface area contributed by atoms with Gasteiger partial charge in [-0.2, -0.15) is 0 Å². The number of esters is 1. The first kappa shape index (κ1) is 17.8. The third kappa shape index (κ3) is 4.25. The van der Waals surface area contributed by atoms with Crippen molar-refractivity contribution >= 4 is 29.3 Å². The van der Waals surface area contributed by atoms with E-state index in [4.69, 9.17) is 5.84 Å². The Bertz CT molecular complexity index is 744. The third-order valence-corrected chi connectivity index (χ3v) is 4.05. The molecular weight excluding hydrogens is 330 g/mol. The van der Waals surface area contributed by atoms with Gasteiger partial charge in [-0.15, -0.1) is 10.2 Å². The standard InChI is InChI=1S/C15H19N5O3S/c1-9(2)13-18-19-15(20(13)16)24-8-12(21)17-11-6-4-5-10(7-11)14(22)23-3/h4-7,9H,8,16H2,1-3H3,(H,17,21). The number of rotatable bonds is 6. The molecule has 8 nitrogen and oxygen atoms in total. The van der Waals surface area contributed by atoms with Crippen molar-refractivity contribution in [1.82, 2.24) is 14.9 Å². The summed E-state index contributed by atoms with van der Waals surface area (Å²) in [5.41, 5.74) is 0.881. The van der Waals surface area contributed by atoms with Gasteiger partial charge in [0.1, 0.15) is 0 Å². The smallest absolute Gasteiger partial charge is 0.337 e. The van der Waals surface area contributed by atoms with Gasteiger partial charge in [-0.05, 0) is 18.2 Å². The van der Waals surface area contributed by atoms with Crippen molar-refractivity contribution in [3.05, 3.63) is 35.7 Å². The van der Waals surface area contributed by atoms with Crippen LogP contribution in [0.25, 0.3) is 0 Å². The molecule has 2 rings (SSSR count). The number of amides is 1. The highest BCUT2D eigenvalue weighted by molar-refractivity contribution is 7.99. The van der Waals surface area contributed by atoms with Crippen molar-refractivity contribution in [3.63, 3.8) is 0 Å². The second-order valence-corrected chi connectivity index (χ2v) is 6.22. The van der Waals surface area contributed by atoms with Crippen LogP contribution >= 0.6 is 11.8 Å². The lowest BCUT2D eigenvalue weighted by Gasteiger charge is -2.07. The van der Waals surface area contributed by atoms with Crippen molar-refractivity contribution in [1.29, 1.82) is 0 Å². The number of nitrogen functional groups attached to an aromatic ring is 1. The van der Waals surface area contributed by atoms with Gasteiger partial charge in [-0.25, -0.2) is 9.47 Å². The van der Waals surface area contributed by atoms with Crippen LogP contribution < -0.4 is 11.2 Å². The second-order valence-electron chi connectivity index (χ2n) is 5.27. The number of nitrogens with zero attached hydrogens (tertiary/aromatic N) is 3. The lowest BCUT2D eigenvalue weighted by Crippen LogP contribution is -2.18. The summed E-state index contributed by atoms with van der Waals surface area (Å²) in [6, 6.07) is 6.52. The number of anilines is 1. The second kappa shape index (κ2) is 7.82. The van der Waals surface area contributed by atoms with Crippen LogP contribution in [0.15, 0.2) is 29.4 Å². The molecule has 0 saturated carbocycles. The minimum absolute atomic E-state index is 0.121. The average Bonchev–Trinajstić information content (AvgIpc) is 2.93. The van der Waals surface area contributed by atoms with E-state index in [1.54, 1.807) is 24.3 Å². The normalized spacial score (nSPS) is 10.7. The maximum Gasteiger partial charge on any atom is 0.337 e. The SMILES string of the molecule is COC(=O)c1cccc(NC(=O)CSc2nnc(C(C)C)n2N)c1.